The predicted octanol–water partition coefficient (Wildman–Crippen LogP) is 2.84. The fraction of sp³-hybridized carbons (Fsp3) is 0.333. The van der Waals surface area contributed by atoms with E-state index in [4.69, 9.17) is 0 Å². The number of fused-ring (bicyclic) bond motifs is 1. The summed E-state index contributed by atoms with van der Waals surface area (Å²) in [5.74, 6) is -0.603. The Balaban J connectivity index is 1.78. The summed E-state index contributed by atoms with van der Waals surface area (Å²) >= 11 is 1.46. The van der Waals surface area contributed by atoms with Crippen LogP contribution in [0.1, 0.15) is 11.4 Å². The minimum absolute atomic E-state index is 0.0255. The molecule has 1 aromatic heterocycles. The lowest BCUT2D eigenvalue weighted by Gasteiger charge is -2.07. The number of carbonyl (C=O) groups excluding carboxylic acids is 1. The van der Waals surface area contributed by atoms with Gasteiger partial charge in [0.2, 0.25) is 5.91 Å². The van der Waals surface area contributed by atoms with Gasteiger partial charge in [-0.3, -0.25) is 9.63 Å². The third-order valence-corrected chi connectivity index (χ3v) is 3.42. The maximum Gasteiger partial charge on any atom is 0.414 e. The normalized spacial score (nSPS) is 11.8. The largest absolute Gasteiger partial charge is 0.414 e. The minimum Gasteiger partial charge on any atom is -0.273 e. The molecule has 1 aromatic carbocycles. The number of halogens is 3. The Bertz CT molecular complexity index is 565. The maximum atomic E-state index is 11.8. The molecule has 0 aliphatic rings. The lowest BCUT2D eigenvalue weighted by molar-refractivity contribution is -0.191. The first-order chi connectivity index (χ1) is 9.44. The Morgan fingerprint density at radius 1 is 1.35 bits per heavy atom. The van der Waals surface area contributed by atoms with Crippen LogP contribution in [0.2, 0.25) is 0 Å². The molecule has 0 unspecified atom stereocenters. The van der Waals surface area contributed by atoms with Crippen molar-refractivity contribution in [2.24, 2.45) is 0 Å². The monoisotopic (exact) mass is 304 g/mol. The maximum absolute atomic E-state index is 11.8. The second-order valence-electron chi connectivity index (χ2n) is 4.00. The third kappa shape index (κ3) is 4.46. The number of hydrogen-bond donors (Lipinski definition) is 1. The van der Waals surface area contributed by atoms with Crippen LogP contribution >= 0.6 is 11.3 Å². The second-order valence-corrected chi connectivity index (χ2v) is 5.12. The molecular formula is C12H11F3N2O2S. The van der Waals surface area contributed by atoms with Crippen LogP contribution in [-0.2, 0) is 16.1 Å². The van der Waals surface area contributed by atoms with Crippen molar-refractivity contribution in [1.82, 2.24) is 10.5 Å². The number of amides is 1. The van der Waals surface area contributed by atoms with Gasteiger partial charge in [-0.15, -0.1) is 11.3 Å². The van der Waals surface area contributed by atoms with Gasteiger partial charge in [0.25, 0.3) is 0 Å². The van der Waals surface area contributed by atoms with E-state index in [9.17, 15) is 18.0 Å². The van der Waals surface area contributed by atoms with E-state index in [1.54, 1.807) is 5.48 Å². The SMILES string of the molecule is O=C(CCc1nc2ccccc2s1)NOCC(F)(F)F. The highest BCUT2D eigenvalue weighted by Gasteiger charge is 2.28. The zero-order valence-electron chi connectivity index (χ0n) is 10.2. The zero-order chi connectivity index (χ0) is 14.6. The molecule has 0 radical (unpaired) electrons. The lowest BCUT2D eigenvalue weighted by atomic mass is 10.3. The van der Waals surface area contributed by atoms with E-state index in [1.807, 2.05) is 24.3 Å². The van der Waals surface area contributed by atoms with Crippen LogP contribution in [0.25, 0.3) is 10.2 Å². The number of nitrogens with one attached hydrogen (secondary N) is 1. The van der Waals surface area contributed by atoms with Crippen LogP contribution in [0.15, 0.2) is 24.3 Å². The third-order valence-electron chi connectivity index (χ3n) is 2.33. The number of carbonyl (C=O) groups is 1. The van der Waals surface area contributed by atoms with Gasteiger partial charge in [-0.05, 0) is 12.1 Å². The Morgan fingerprint density at radius 2 is 2.10 bits per heavy atom. The number of rotatable bonds is 5. The summed E-state index contributed by atoms with van der Waals surface area (Å²) in [5, 5.41) is 0.761. The van der Waals surface area contributed by atoms with Gasteiger partial charge in [0.1, 0.15) is 0 Å². The summed E-state index contributed by atoms with van der Waals surface area (Å²) in [6, 6.07) is 7.54. The van der Waals surface area contributed by atoms with Crippen LogP contribution < -0.4 is 5.48 Å². The van der Waals surface area contributed by atoms with E-state index in [-0.39, 0.29) is 6.42 Å². The molecule has 108 valence electrons. The Labute approximate surface area is 116 Å². The summed E-state index contributed by atoms with van der Waals surface area (Å²) in [6.07, 6.45) is -4.07. The Hall–Kier alpha value is -1.67. The van der Waals surface area contributed by atoms with Crippen LogP contribution in [0.3, 0.4) is 0 Å². The molecule has 0 aliphatic heterocycles. The molecule has 20 heavy (non-hydrogen) atoms. The van der Waals surface area contributed by atoms with Crippen molar-refractivity contribution >= 4 is 27.5 Å². The van der Waals surface area contributed by atoms with E-state index >= 15 is 0 Å². The first-order valence-electron chi connectivity index (χ1n) is 5.76. The lowest BCUT2D eigenvalue weighted by Crippen LogP contribution is -2.29. The molecule has 1 N–H and O–H groups in total. The molecule has 0 bridgehead atoms. The molecule has 0 atom stereocenters. The molecule has 1 heterocycles. The molecular weight excluding hydrogens is 293 g/mol. The number of aryl methyl sites for hydroxylation is 1. The summed E-state index contributed by atoms with van der Waals surface area (Å²) in [6.45, 7) is -1.50. The number of aromatic nitrogens is 1. The molecule has 8 heteroatoms. The summed E-state index contributed by atoms with van der Waals surface area (Å²) in [4.78, 5) is 19.7. The van der Waals surface area contributed by atoms with Crippen molar-refractivity contribution in [3.63, 3.8) is 0 Å². The smallest absolute Gasteiger partial charge is 0.273 e. The molecule has 2 aromatic rings. The number of benzene rings is 1. The van der Waals surface area contributed by atoms with Gasteiger partial charge in [0, 0.05) is 12.8 Å². The zero-order valence-corrected chi connectivity index (χ0v) is 11.1. The number of hydrogen-bond acceptors (Lipinski definition) is 4. The number of thiazole rings is 1. The van der Waals surface area contributed by atoms with Crippen LogP contribution in [0.5, 0.6) is 0 Å². The number of alkyl halides is 3. The Morgan fingerprint density at radius 3 is 2.80 bits per heavy atom. The van der Waals surface area contributed by atoms with Crippen molar-refractivity contribution in [2.45, 2.75) is 19.0 Å². The van der Waals surface area contributed by atoms with E-state index in [0.717, 1.165) is 15.2 Å². The molecule has 2 rings (SSSR count). The van der Waals surface area contributed by atoms with Crippen molar-refractivity contribution in [3.8, 4) is 0 Å². The number of para-hydroxylation sites is 1. The summed E-state index contributed by atoms with van der Waals surface area (Å²) < 4.78 is 36.4. The topological polar surface area (TPSA) is 51.2 Å². The Kier molecular flexibility index (Phi) is 4.56. The standard InChI is InChI=1S/C12H11F3N2O2S/c13-12(14,15)7-19-17-10(18)5-6-11-16-8-3-1-2-4-9(8)20-11/h1-4H,5-7H2,(H,17,18). The van der Waals surface area contributed by atoms with Crippen LogP contribution in [0.4, 0.5) is 13.2 Å². The quantitative estimate of drug-likeness (QED) is 0.864. The second kappa shape index (κ2) is 6.19. The van der Waals surface area contributed by atoms with Gasteiger partial charge < -0.3 is 0 Å². The first kappa shape index (κ1) is 14.7. The van der Waals surface area contributed by atoms with E-state index in [2.05, 4.69) is 9.82 Å². The van der Waals surface area contributed by atoms with Crippen molar-refractivity contribution in [2.75, 3.05) is 6.61 Å². The first-order valence-corrected chi connectivity index (χ1v) is 6.57. The van der Waals surface area contributed by atoms with Crippen LogP contribution in [0, 0.1) is 0 Å². The van der Waals surface area contributed by atoms with E-state index < -0.39 is 18.7 Å². The van der Waals surface area contributed by atoms with Crippen molar-refractivity contribution < 1.29 is 22.8 Å². The molecule has 0 aliphatic carbocycles. The number of nitrogens with zero attached hydrogens (tertiary/aromatic N) is 1. The van der Waals surface area contributed by atoms with Gasteiger partial charge in [-0.1, -0.05) is 12.1 Å². The predicted molar refractivity (Wildman–Crippen MR) is 68.1 cm³/mol. The van der Waals surface area contributed by atoms with Crippen molar-refractivity contribution in [1.29, 1.82) is 0 Å². The average molecular weight is 304 g/mol. The molecule has 0 saturated heterocycles. The van der Waals surface area contributed by atoms with E-state index in [0.29, 0.717) is 6.42 Å². The highest BCUT2D eigenvalue weighted by Crippen LogP contribution is 2.22. The van der Waals surface area contributed by atoms with Crippen molar-refractivity contribution in [3.05, 3.63) is 29.3 Å². The molecule has 1 amide bonds. The number of hydroxylamine groups is 1. The van der Waals surface area contributed by atoms with Gasteiger partial charge in [0.05, 0.1) is 15.2 Å². The summed E-state index contributed by atoms with van der Waals surface area (Å²) in [5.41, 5.74) is 2.61. The van der Waals surface area contributed by atoms with Gasteiger partial charge in [-0.25, -0.2) is 10.5 Å². The molecule has 0 fully saturated rings. The minimum atomic E-state index is -4.46. The fourth-order valence-corrected chi connectivity index (χ4v) is 2.46. The molecule has 0 spiro atoms. The van der Waals surface area contributed by atoms with Gasteiger partial charge in [0.15, 0.2) is 6.61 Å². The fourth-order valence-electron chi connectivity index (χ4n) is 1.50. The van der Waals surface area contributed by atoms with Gasteiger partial charge in [-0.2, -0.15) is 13.2 Å². The average Bonchev–Trinajstić information content (AvgIpc) is 2.77. The van der Waals surface area contributed by atoms with Gasteiger partial charge >= 0.3 is 6.18 Å². The van der Waals surface area contributed by atoms with Crippen LogP contribution in [-0.4, -0.2) is 23.7 Å². The van der Waals surface area contributed by atoms with E-state index in [1.165, 1.54) is 11.3 Å². The molecule has 0 saturated carbocycles. The highest BCUT2D eigenvalue weighted by atomic mass is 32.1. The molecule has 4 nitrogen and oxygen atoms in total. The highest BCUT2D eigenvalue weighted by molar-refractivity contribution is 7.18. The summed E-state index contributed by atoms with van der Waals surface area (Å²) in [7, 11) is 0.